The molecule has 2 saturated heterocycles. The van der Waals surface area contributed by atoms with Gasteiger partial charge in [0, 0.05) is 43.5 Å². The van der Waals surface area contributed by atoms with Crippen molar-refractivity contribution < 1.29 is 14.7 Å². The highest BCUT2D eigenvalue weighted by molar-refractivity contribution is 5.94. The van der Waals surface area contributed by atoms with Crippen LogP contribution in [0.5, 0.6) is 0 Å². The molecule has 1 atom stereocenters. The van der Waals surface area contributed by atoms with Gasteiger partial charge in [0.25, 0.3) is 0 Å². The number of fused-ring (bicyclic) bond motifs is 1. The van der Waals surface area contributed by atoms with Crippen LogP contribution >= 0.6 is 0 Å². The molecule has 106 valence electrons. The number of aromatic carboxylic acids is 1. The van der Waals surface area contributed by atoms with Crippen LogP contribution in [0.25, 0.3) is 0 Å². The Morgan fingerprint density at radius 3 is 2.90 bits per heavy atom. The number of carboxylic acid groups (broad SMARTS) is 1. The van der Waals surface area contributed by atoms with E-state index in [9.17, 15) is 9.59 Å². The van der Waals surface area contributed by atoms with Crippen LogP contribution in [0.2, 0.25) is 0 Å². The number of hydrogen-bond acceptors (Lipinski definition) is 4. The molecule has 3 N–H and O–H groups in total. The van der Waals surface area contributed by atoms with Gasteiger partial charge in [0.15, 0.2) is 0 Å². The van der Waals surface area contributed by atoms with Crippen LogP contribution in [0.1, 0.15) is 23.2 Å². The van der Waals surface area contributed by atoms with Crippen molar-refractivity contribution in [2.75, 3.05) is 30.3 Å². The maximum absolute atomic E-state index is 11.7. The molecule has 0 spiro atoms. The highest BCUT2D eigenvalue weighted by Gasteiger charge is 2.35. The largest absolute Gasteiger partial charge is 0.478 e. The second kappa shape index (κ2) is 4.70. The molecule has 0 aliphatic carbocycles. The van der Waals surface area contributed by atoms with Crippen molar-refractivity contribution in [2.45, 2.75) is 18.9 Å². The Labute approximate surface area is 116 Å². The average Bonchev–Trinajstić information content (AvgIpc) is 2.80. The van der Waals surface area contributed by atoms with Gasteiger partial charge in [0.2, 0.25) is 5.91 Å². The summed E-state index contributed by atoms with van der Waals surface area (Å²) < 4.78 is 0. The summed E-state index contributed by atoms with van der Waals surface area (Å²) in [6.07, 6.45) is 1.51. The molecule has 1 aromatic rings. The predicted molar refractivity (Wildman–Crippen MR) is 74.8 cm³/mol. The summed E-state index contributed by atoms with van der Waals surface area (Å²) in [4.78, 5) is 26.9. The fraction of sp³-hybridized carbons (Fsp3) is 0.429. The Hall–Kier alpha value is -2.24. The summed E-state index contributed by atoms with van der Waals surface area (Å²) in [5.74, 6) is -0.780. The molecular formula is C14H17N3O3. The van der Waals surface area contributed by atoms with Crippen molar-refractivity contribution in [3.63, 3.8) is 0 Å². The van der Waals surface area contributed by atoms with Gasteiger partial charge in [-0.2, -0.15) is 0 Å². The van der Waals surface area contributed by atoms with Gasteiger partial charge in [-0.05, 0) is 24.6 Å². The minimum absolute atomic E-state index is 0.132. The van der Waals surface area contributed by atoms with E-state index in [4.69, 9.17) is 10.8 Å². The first-order valence-electron chi connectivity index (χ1n) is 6.73. The van der Waals surface area contributed by atoms with Crippen molar-refractivity contribution in [2.24, 2.45) is 0 Å². The lowest BCUT2D eigenvalue weighted by atomic mass is 10.1. The summed E-state index contributed by atoms with van der Waals surface area (Å²) in [6, 6.07) is 5.34. The van der Waals surface area contributed by atoms with E-state index in [2.05, 4.69) is 4.90 Å². The van der Waals surface area contributed by atoms with E-state index in [0.29, 0.717) is 13.0 Å². The van der Waals surface area contributed by atoms with Gasteiger partial charge in [0.1, 0.15) is 0 Å². The van der Waals surface area contributed by atoms with Crippen LogP contribution in [0.3, 0.4) is 0 Å². The van der Waals surface area contributed by atoms with Crippen LogP contribution in [0.15, 0.2) is 18.2 Å². The fourth-order valence-electron chi connectivity index (χ4n) is 3.03. The van der Waals surface area contributed by atoms with Crippen LogP contribution < -0.4 is 10.6 Å². The number of carbonyl (C=O) groups excluding carboxylic acids is 1. The van der Waals surface area contributed by atoms with Crippen molar-refractivity contribution in [1.82, 2.24) is 4.90 Å². The molecule has 2 heterocycles. The van der Waals surface area contributed by atoms with Crippen molar-refractivity contribution in [1.29, 1.82) is 0 Å². The molecule has 2 aliphatic rings. The number of nitrogens with zero attached hydrogens (tertiary/aromatic N) is 2. The monoisotopic (exact) mass is 275 g/mol. The molecule has 0 bridgehead atoms. The fourth-order valence-corrected chi connectivity index (χ4v) is 3.03. The van der Waals surface area contributed by atoms with Crippen molar-refractivity contribution in [3.05, 3.63) is 23.8 Å². The van der Waals surface area contributed by atoms with Crippen LogP contribution in [0.4, 0.5) is 11.4 Å². The van der Waals surface area contributed by atoms with Crippen LogP contribution in [-0.2, 0) is 4.79 Å². The zero-order valence-corrected chi connectivity index (χ0v) is 11.1. The number of rotatable bonds is 2. The predicted octanol–water partition coefficient (Wildman–Crippen LogP) is 0.778. The zero-order chi connectivity index (χ0) is 14.3. The van der Waals surface area contributed by atoms with E-state index in [0.717, 1.165) is 25.2 Å². The van der Waals surface area contributed by atoms with E-state index in [-0.39, 0.29) is 23.2 Å². The Morgan fingerprint density at radius 2 is 2.15 bits per heavy atom. The third-order valence-corrected chi connectivity index (χ3v) is 4.13. The highest BCUT2D eigenvalue weighted by atomic mass is 16.4. The van der Waals surface area contributed by atoms with Gasteiger partial charge in [0.05, 0.1) is 5.56 Å². The van der Waals surface area contributed by atoms with Crippen molar-refractivity contribution >= 4 is 23.3 Å². The van der Waals surface area contributed by atoms with Gasteiger partial charge in [-0.15, -0.1) is 0 Å². The molecular weight excluding hydrogens is 258 g/mol. The third-order valence-electron chi connectivity index (χ3n) is 4.13. The van der Waals surface area contributed by atoms with E-state index in [1.165, 1.54) is 0 Å². The lowest BCUT2D eigenvalue weighted by molar-refractivity contribution is -0.129. The molecule has 0 aromatic heterocycles. The quantitative estimate of drug-likeness (QED) is 0.779. The summed E-state index contributed by atoms with van der Waals surface area (Å²) >= 11 is 0. The Morgan fingerprint density at radius 1 is 1.35 bits per heavy atom. The summed E-state index contributed by atoms with van der Waals surface area (Å²) in [5.41, 5.74) is 6.93. The first kappa shape index (κ1) is 12.8. The normalized spacial score (nSPS) is 22.0. The first-order valence-corrected chi connectivity index (χ1v) is 6.73. The second-order valence-electron chi connectivity index (χ2n) is 5.30. The van der Waals surface area contributed by atoms with Gasteiger partial charge >= 0.3 is 5.97 Å². The smallest absolute Gasteiger partial charge is 0.337 e. The van der Waals surface area contributed by atoms with Crippen LogP contribution in [0, 0.1) is 0 Å². The molecule has 1 unspecified atom stereocenters. The van der Waals surface area contributed by atoms with Gasteiger partial charge < -0.3 is 20.6 Å². The summed E-state index contributed by atoms with van der Waals surface area (Å²) in [7, 11) is 0. The maximum Gasteiger partial charge on any atom is 0.337 e. The SMILES string of the molecule is Nc1ccc(N2CCN3C(=O)CCC3C2)cc1C(=O)O. The standard InChI is InChI=1S/C14H17N3O3/c15-12-3-1-9(7-11(12)14(19)20)16-5-6-17-10(8-16)2-4-13(17)18/h1,3,7,10H,2,4-6,8,15H2,(H,19,20). The van der Waals surface area contributed by atoms with Crippen LogP contribution in [-0.4, -0.2) is 47.6 Å². The van der Waals surface area contributed by atoms with E-state index >= 15 is 0 Å². The highest BCUT2D eigenvalue weighted by Crippen LogP contribution is 2.28. The number of carbonyl (C=O) groups is 2. The topological polar surface area (TPSA) is 86.9 Å². The molecule has 2 aliphatic heterocycles. The number of benzene rings is 1. The average molecular weight is 275 g/mol. The Kier molecular flexibility index (Phi) is 3.00. The maximum atomic E-state index is 11.7. The molecule has 6 heteroatoms. The molecule has 0 saturated carbocycles. The van der Waals surface area contributed by atoms with E-state index in [1.807, 2.05) is 11.0 Å². The number of amides is 1. The minimum atomic E-state index is -1.01. The zero-order valence-electron chi connectivity index (χ0n) is 11.1. The second-order valence-corrected chi connectivity index (χ2v) is 5.30. The summed E-state index contributed by atoms with van der Waals surface area (Å²) in [5, 5.41) is 9.12. The lowest BCUT2D eigenvalue weighted by Gasteiger charge is -2.39. The van der Waals surface area contributed by atoms with E-state index in [1.54, 1.807) is 12.1 Å². The number of anilines is 2. The number of nitrogens with two attached hydrogens (primary N) is 1. The Bertz CT molecular complexity index is 573. The molecule has 3 rings (SSSR count). The van der Waals surface area contributed by atoms with Crippen molar-refractivity contribution in [3.8, 4) is 0 Å². The molecule has 1 aromatic carbocycles. The number of piperazine rings is 1. The van der Waals surface area contributed by atoms with Gasteiger partial charge in [-0.3, -0.25) is 4.79 Å². The molecule has 0 radical (unpaired) electrons. The number of carboxylic acids is 1. The number of nitrogen functional groups attached to an aromatic ring is 1. The minimum Gasteiger partial charge on any atom is -0.478 e. The molecule has 1 amide bonds. The first-order chi connectivity index (χ1) is 9.56. The molecule has 20 heavy (non-hydrogen) atoms. The van der Waals surface area contributed by atoms with E-state index < -0.39 is 5.97 Å². The third kappa shape index (κ3) is 2.07. The van der Waals surface area contributed by atoms with Gasteiger partial charge in [-0.1, -0.05) is 0 Å². The van der Waals surface area contributed by atoms with Gasteiger partial charge in [-0.25, -0.2) is 4.79 Å². The molecule has 2 fully saturated rings. The Balaban J connectivity index is 1.82. The lowest BCUT2D eigenvalue weighted by Crippen LogP contribution is -2.51. The summed E-state index contributed by atoms with van der Waals surface area (Å²) in [6.45, 7) is 2.19. The molecule has 6 nitrogen and oxygen atoms in total. The number of hydrogen-bond donors (Lipinski definition) is 2.